The molecule has 0 aromatic heterocycles. The molecule has 0 heterocycles. The van der Waals surface area contributed by atoms with Crippen molar-refractivity contribution in [3.63, 3.8) is 0 Å². The van der Waals surface area contributed by atoms with Gasteiger partial charge >= 0.3 is 12.1 Å². The summed E-state index contributed by atoms with van der Waals surface area (Å²) in [5.41, 5.74) is 2.14. The number of ether oxygens (including phenoxy) is 2. The molecule has 0 radical (unpaired) electrons. The fourth-order valence-electron chi connectivity index (χ4n) is 3.84. The third-order valence-electron chi connectivity index (χ3n) is 6.14. The molecule has 3 aromatic rings. The van der Waals surface area contributed by atoms with Crippen molar-refractivity contribution in [2.75, 3.05) is 25.6 Å². The predicted molar refractivity (Wildman–Crippen MR) is 147 cm³/mol. The standard InChI is InChI=1S/C29H32ClF3N2O4/c1-18(2)26(35-21-7-4-19(5-8-21)16-34-13-12-28(36)37)17-39-22-9-11-24(27(15-22)38-3)23-10-6-20(14-25(23)30)29(31,32)33/h4-11,14-15,18,26,34-35H,12-13,16-17H2,1-3H3,(H,36,37)/t26-/m1/s1. The first-order chi connectivity index (χ1) is 18.5. The molecule has 210 valence electrons. The predicted octanol–water partition coefficient (Wildman–Crippen LogP) is 7.11. The van der Waals surface area contributed by atoms with E-state index in [1.54, 1.807) is 18.2 Å². The molecule has 1 atom stereocenters. The second-order valence-electron chi connectivity index (χ2n) is 9.38. The third kappa shape index (κ3) is 8.80. The van der Waals surface area contributed by atoms with E-state index in [1.807, 2.05) is 24.3 Å². The highest BCUT2D eigenvalue weighted by molar-refractivity contribution is 6.33. The number of benzene rings is 3. The van der Waals surface area contributed by atoms with Crippen molar-refractivity contribution in [1.29, 1.82) is 0 Å². The SMILES string of the molecule is COc1cc(OC[C@@H](Nc2ccc(CNCCC(=O)O)cc2)C(C)C)ccc1-c1ccc(C(F)(F)F)cc1Cl. The van der Waals surface area contributed by atoms with E-state index in [-0.39, 0.29) is 23.4 Å². The number of aliphatic carboxylic acids is 1. The molecule has 0 aliphatic heterocycles. The molecule has 0 aliphatic carbocycles. The maximum atomic E-state index is 13.0. The van der Waals surface area contributed by atoms with Gasteiger partial charge in [-0.1, -0.05) is 43.6 Å². The van der Waals surface area contributed by atoms with Gasteiger partial charge in [-0.05, 0) is 47.9 Å². The summed E-state index contributed by atoms with van der Waals surface area (Å²) in [6.45, 7) is 5.51. The quantitative estimate of drug-likeness (QED) is 0.192. The van der Waals surface area contributed by atoms with Crippen molar-refractivity contribution >= 4 is 23.3 Å². The normalized spacial score (nSPS) is 12.3. The molecule has 0 unspecified atom stereocenters. The van der Waals surface area contributed by atoms with Crippen molar-refractivity contribution < 1.29 is 32.5 Å². The van der Waals surface area contributed by atoms with Crippen LogP contribution >= 0.6 is 11.6 Å². The molecule has 0 aliphatic rings. The summed E-state index contributed by atoms with van der Waals surface area (Å²) in [5, 5.41) is 15.3. The molecule has 3 N–H and O–H groups in total. The highest BCUT2D eigenvalue weighted by atomic mass is 35.5. The number of anilines is 1. The van der Waals surface area contributed by atoms with Crippen LogP contribution in [0.4, 0.5) is 18.9 Å². The Hall–Kier alpha value is -3.43. The highest BCUT2D eigenvalue weighted by Crippen LogP contribution is 2.40. The summed E-state index contributed by atoms with van der Waals surface area (Å²) in [4.78, 5) is 10.6. The van der Waals surface area contributed by atoms with Gasteiger partial charge in [-0.2, -0.15) is 13.2 Å². The number of hydrogen-bond acceptors (Lipinski definition) is 5. The van der Waals surface area contributed by atoms with Gasteiger partial charge in [-0.3, -0.25) is 4.79 Å². The molecule has 0 saturated heterocycles. The Morgan fingerprint density at radius 1 is 1.03 bits per heavy atom. The van der Waals surface area contributed by atoms with Gasteiger partial charge in [0, 0.05) is 41.0 Å². The number of carboxylic acids is 1. The largest absolute Gasteiger partial charge is 0.496 e. The Labute approximate surface area is 231 Å². The van der Waals surface area contributed by atoms with Crippen molar-refractivity contribution in [1.82, 2.24) is 5.32 Å². The van der Waals surface area contributed by atoms with E-state index >= 15 is 0 Å². The van der Waals surface area contributed by atoms with Crippen molar-refractivity contribution in [2.24, 2.45) is 5.92 Å². The molecule has 0 fully saturated rings. The highest BCUT2D eigenvalue weighted by Gasteiger charge is 2.31. The molecule has 0 bridgehead atoms. The monoisotopic (exact) mass is 564 g/mol. The van der Waals surface area contributed by atoms with Crippen LogP contribution in [0.15, 0.2) is 60.7 Å². The number of alkyl halides is 3. The average molecular weight is 565 g/mol. The van der Waals surface area contributed by atoms with E-state index < -0.39 is 17.7 Å². The number of carboxylic acid groups (broad SMARTS) is 1. The van der Waals surface area contributed by atoms with Gasteiger partial charge in [0.25, 0.3) is 0 Å². The number of halogens is 4. The van der Waals surface area contributed by atoms with Crippen molar-refractivity contribution in [3.05, 3.63) is 76.8 Å². The molecule has 0 saturated carbocycles. The fraction of sp³-hybridized carbons (Fsp3) is 0.345. The van der Waals surface area contributed by atoms with Crippen LogP contribution in [-0.4, -0.2) is 37.4 Å². The Morgan fingerprint density at radius 3 is 2.31 bits per heavy atom. The fourth-order valence-corrected chi connectivity index (χ4v) is 4.12. The van der Waals surface area contributed by atoms with Crippen LogP contribution in [0.1, 0.15) is 31.4 Å². The number of carbonyl (C=O) groups is 1. The molecular formula is C29H32ClF3N2O4. The number of nitrogens with one attached hydrogen (secondary N) is 2. The lowest BCUT2D eigenvalue weighted by atomic mass is 10.0. The lowest BCUT2D eigenvalue weighted by Gasteiger charge is -2.24. The molecule has 3 rings (SSSR count). The number of hydrogen-bond donors (Lipinski definition) is 3. The lowest BCUT2D eigenvalue weighted by molar-refractivity contribution is -0.138. The Bertz CT molecular complexity index is 1250. The second-order valence-corrected chi connectivity index (χ2v) is 9.78. The molecule has 3 aromatic carbocycles. The summed E-state index contributed by atoms with van der Waals surface area (Å²) in [6, 6.07) is 16.2. The zero-order valence-electron chi connectivity index (χ0n) is 21.9. The maximum Gasteiger partial charge on any atom is 0.416 e. The van der Waals surface area contributed by atoms with Crippen LogP contribution in [0.5, 0.6) is 11.5 Å². The smallest absolute Gasteiger partial charge is 0.416 e. The van der Waals surface area contributed by atoms with E-state index in [9.17, 15) is 18.0 Å². The number of methoxy groups -OCH3 is 1. The zero-order valence-corrected chi connectivity index (χ0v) is 22.7. The first-order valence-corrected chi connectivity index (χ1v) is 12.8. The third-order valence-corrected chi connectivity index (χ3v) is 6.46. The van der Waals surface area contributed by atoms with Gasteiger partial charge in [0.05, 0.1) is 25.1 Å². The minimum atomic E-state index is -4.48. The van der Waals surface area contributed by atoms with Crippen molar-refractivity contribution in [2.45, 2.75) is 39.0 Å². The summed E-state index contributed by atoms with van der Waals surface area (Å²) in [5.74, 6) is 0.390. The first kappa shape index (κ1) is 30.1. The summed E-state index contributed by atoms with van der Waals surface area (Å²) >= 11 is 6.19. The minimum absolute atomic E-state index is 0.0143. The first-order valence-electron chi connectivity index (χ1n) is 12.4. The van der Waals surface area contributed by atoms with E-state index in [4.69, 9.17) is 26.2 Å². The average Bonchev–Trinajstić information content (AvgIpc) is 2.89. The van der Waals surface area contributed by atoms with E-state index in [2.05, 4.69) is 24.5 Å². The summed E-state index contributed by atoms with van der Waals surface area (Å²) < 4.78 is 50.6. The molecule has 0 spiro atoms. The van der Waals surface area contributed by atoms with E-state index in [0.29, 0.717) is 42.3 Å². The second kappa shape index (κ2) is 13.6. The Kier molecular flexibility index (Phi) is 10.5. The molecule has 6 nitrogen and oxygen atoms in total. The van der Waals surface area contributed by atoms with Crippen LogP contribution in [-0.2, 0) is 17.5 Å². The molecule has 39 heavy (non-hydrogen) atoms. The van der Waals surface area contributed by atoms with Gasteiger partial charge < -0.3 is 25.2 Å². The summed E-state index contributed by atoms with van der Waals surface area (Å²) in [7, 11) is 1.48. The molecule has 10 heteroatoms. The van der Waals surface area contributed by atoms with Crippen LogP contribution in [0, 0.1) is 5.92 Å². The lowest BCUT2D eigenvalue weighted by Crippen LogP contribution is -2.32. The maximum absolute atomic E-state index is 13.0. The van der Waals surface area contributed by atoms with Gasteiger partial charge in [-0.15, -0.1) is 0 Å². The van der Waals surface area contributed by atoms with Gasteiger partial charge in [0.2, 0.25) is 0 Å². The Morgan fingerprint density at radius 2 is 1.72 bits per heavy atom. The molecular weight excluding hydrogens is 533 g/mol. The minimum Gasteiger partial charge on any atom is -0.496 e. The molecule has 0 amide bonds. The van der Waals surface area contributed by atoms with E-state index in [1.165, 1.54) is 13.2 Å². The summed E-state index contributed by atoms with van der Waals surface area (Å²) in [6.07, 6.45) is -4.40. The van der Waals surface area contributed by atoms with Crippen LogP contribution in [0.2, 0.25) is 5.02 Å². The zero-order chi connectivity index (χ0) is 28.6. The Balaban J connectivity index is 1.64. The van der Waals surface area contributed by atoms with Gasteiger partial charge in [0.1, 0.15) is 18.1 Å². The number of rotatable bonds is 13. The van der Waals surface area contributed by atoms with Crippen LogP contribution in [0.3, 0.4) is 0 Å². The van der Waals surface area contributed by atoms with Crippen molar-refractivity contribution in [3.8, 4) is 22.6 Å². The van der Waals surface area contributed by atoms with Crippen LogP contribution < -0.4 is 20.1 Å². The van der Waals surface area contributed by atoms with Gasteiger partial charge in [0.15, 0.2) is 0 Å². The van der Waals surface area contributed by atoms with E-state index in [0.717, 1.165) is 23.4 Å². The van der Waals surface area contributed by atoms with Crippen LogP contribution in [0.25, 0.3) is 11.1 Å². The van der Waals surface area contributed by atoms with Gasteiger partial charge in [-0.25, -0.2) is 0 Å². The topological polar surface area (TPSA) is 79.8 Å².